The Bertz CT molecular complexity index is 1210. The van der Waals surface area contributed by atoms with Crippen LogP contribution in [0.25, 0.3) is 0 Å². The third-order valence-electron chi connectivity index (χ3n) is 4.35. The zero-order valence-electron chi connectivity index (χ0n) is 17.4. The van der Waals surface area contributed by atoms with Crippen molar-refractivity contribution < 1.29 is 24.0 Å². The quantitative estimate of drug-likeness (QED) is 0.157. The fourth-order valence-electron chi connectivity index (χ4n) is 2.69. The summed E-state index contributed by atoms with van der Waals surface area (Å²) in [5, 5.41) is 14.5. The van der Waals surface area contributed by atoms with E-state index in [1.807, 2.05) is 19.1 Å². The minimum absolute atomic E-state index is 0.0793. The average Bonchev–Trinajstić information content (AvgIpc) is 2.80. The van der Waals surface area contributed by atoms with E-state index in [0.29, 0.717) is 16.9 Å². The van der Waals surface area contributed by atoms with E-state index in [4.69, 9.17) is 9.47 Å². The third-order valence-corrected chi connectivity index (χ3v) is 4.84. The zero-order chi connectivity index (χ0) is 23.8. The highest BCUT2D eigenvalue weighted by molar-refractivity contribution is 9.10. The topological polar surface area (TPSA) is 120 Å². The fourth-order valence-corrected chi connectivity index (χ4v) is 3.07. The van der Waals surface area contributed by atoms with Crippen molar-refractivity contribution in [3.8, 4) is 11.5 Å². The molecule has 0 saturated heterocycles. The molecule has 0 aliphatic rings. The summed E-state index contributed by atoms with van der Waals surface area (Å²) >= 11 is 3.35. The zero-order valence-corrected chi connectivity index (χ0v) is 18.9. The molecule has 0 fully saturated rings. The molecule has 0 aliphatic carbocycles. The summed E-state index contributed by atoms with van der Waals surface area (Å²) in [7, 11) is 0. The van der Waals surface area contributed by atoms with Gasteiger partial charge in [0, 0.05) is 22.2 Å². The number of rotatable bonds is 8. The van der Waals surface area contributed by atoms with Crippen LogP contribution < -0.4 is 14.9 Å². The molecule has 0 bridgehead atoms. The standard InChI is InChI=1S/C23H18BrN3O6/c1-15-4-2-3-5-20(15)23(29)33-21-11-6-17(24)12-16(21)13-25-26-22(28)14-32-19-9-7-18(8-10-19)27(30)31/h2-13H,14H2,1H3,(H,26,28). The maximum absolute atomic E-state index is 12.5. The Kier molecular flexibility index (Phi) is 7.87. The number of ether oxygens (including phenoxy) is 2. The minimum Gasteiger partial charge on any atom is -0.484 e. The second kappa shape index (κ2) is 11.0. The van der Waals surface area contributed by atoms with E-state index < -0.39 is 16.8 Å². The molecule has 10 heteroatoms. The first-order valence-corrected chi connectivity index (χ1v) is 10.4. The van der Waals surface area contributed by atoms with Gasteiger partial charge in [-0.3, -0.25) is 14.9 Å². The van der Waals surface area contributed by atoms with Gasteiger partial charge in [0.2, 0.25) is 0 Å². The van der Waals surface area contributed by atoms with Gasteiger partial charge in [0.15, 0.2) is 6.61 Å². The van der Waals surface area contributed by atoms with Gasteiger partial charge in [0.1, 0.15) is 11.5 Å². The van der Waals surface area contributed by atoms with E-state index in [-0.39, 0.29) is 18.0 Å². The first-order valence-electron chi connectivity index (χ1n) is 9.60. The molecule has 0 unspecified atom stereocenters. The Morgan fingerprint density at radius 1 is 1.12 bits per heavy atom. The first kappa shape index (κ1) is 23.6. The van der Waals surface area contributed by atoms with Crippen molar-refractivity contribution in [3.63, 3.8) is 0 Å². The van der Waals surface area contributed by atoms with Crippen molar-refractivity contribution in [1.82, 2.24) is 5.43 Å². The maximum Gasteiger partial charge on any atom is 0.343 e. The number of benzene rings is 3. The number of hydrazone groups is 1. The Labute approximate surface area is 197 Å². The number of carbonyl (C=O) groups excluding carboxylic acids is 2. The Hall–Kier alpha value is -4.05. The lowest BCUT2D eigenvalue weighted by atomic mass is 10.1. The van der Waals surface area contributed by atoms with Crippen LogP contribution in [0.1, 0.15) is 21.5 Å². The molecule has 3 rings (SSSR count). The second-order valence-electron chi connectivity index (χ2n) is 6.72. The van der Waals surface area contributed by atoms with Gasteiger partial charge in [-0.2, -0.15) is 5.10 Å². The summed E-state index contributed by atoms with van der Waals surface area (Å²) in [4.78, 5) is 34.6. The van der Waals surface area contributed by atoms with Crippen LogP contribution in [-0.4, -0.2) is 29.6 Å². The SMILES string of the molecule is Cc1ccccc1C(=O)Oc1ccc(Br)cc1C=NNC(=O)COc1ccc([N+](=O)[O-])cc1. The summed E-state index contributed by atoms with van der Waals surface area (Å²) in [6.07, 6.45) is 1.34. The lowest BCUT2D eigenvalue weighted by Gasteiger charge is -2.09. The van der Waals surface area contributed by atoms with Gasteiger partial charge in [-0.1, -0.05) is 34.1 Å². The predicted octanol–water partition coefficient (Wildman–Crippen LogP) is 4.41. The number of hydrogen-bond acceptors (Lipinski definition) is 7. The molecule has 0 atom stereocenters. The first-order chi connectivity index (χ1) is 15.8. The number of nitrogens with one attached hydrogen (secondary N) is 1. The number of hydrogen-bond donors (Lipinski definition) is 1. The number of esters is 1. The van der Waals surface area contributed by atoms with Gasteiger partial charge in [-0.15, -0.1) is 0 Å². The molecule has 168 valence electrons. The van der Waals surface area contributed by atoms with Crippen LogP contribution in [0.3, 0.4) is 0 Å². The van der Waals surface area contributed by atoms with Crippen molar-refractivity contribution in [1.29, 1.82) is 0 Å². The summed E-state index contributed by atoms with van der Waals surface area (Å²) < 4.78 is 11.5. The molecule has 3 aromatic rings. The molecular weight excluding hydrogens is 494 g/mol. The van der Waals surface area contributed by atoms with E-state index in [1.54, 1.807) is 30.3 Å². The summed E-state index contributed by atoms with van der Waals surface area (Å²) in [5.74, 6) is -0.479. The normalized spacial score (nSPS) is 10.6. The highest BCUT2D eigenvalue weighted by atomic mass is 79.9. The molecule has 9 nitrogen and oxygen atoms in total. The van der Waals surface area contributed by atoms with Crippen LogP contribution in [0.5, 0.6) is 11.5 Å². The van der Waals surface area contributed by atoms with E-state index in [9.17, 15) is 19.7 Å². The van der Waals surface area contributed by atoms with Gasteiger partial charge in [-0.05, 0) is 48.9 Å². The number of carbonyl (C=O) groups is 2. The minimum atomic E-state index is -0.543. The van der Waals surface area contributed by atoms with Crippen molar-refractivity contribution in [2.45, 2.75) is 6.92 Å². The van der Waals surface area contributed by atoms with Crippen molar-refractivity contribution in [3.05, 3.63) is 98.0 Å². The van der Waals surface area contributed by atoms with Crippen LogP contribution in [0.4, 0.5) is 5.69 Å². The van der Waals surface area contributed by atoms with Crippen LogP contribution in [0.2, 0.25) is 0 Å². The molecule has 0 aromatic heterocycles. The molecule has 0 spiro atoms. The van der Waals surface area contributed by atoms with E-state index in [2.05, 4.69) is 26.5 Å². The van der Waals surface area contributed by atoms with Gasteiger partial charge >= 0.3 is 5.97 Å². The van der Waals surface area contributed by atoms with Crippen LogP contribution in [0.15, 0.2) is 76.3 Å². The molecule has 1 N–H and O–H groups in total. The monoisotopic (exact) mass is 511 g/mol. The van der Waals surface area contributed by atoms with Crippen LogP contribution >= 0.6 is 15.9 Å². The molecule has 33 heavy (non-hydrogen) atoms. The molecular formula is C23H18BrN3O6. The molecule has 1 amide bonds. The highest BCUT2D eigenvalue weighted by Crippen LogP contribution is 2.23. The summed E-state index contributed by atoms with van der Waals surface area (Å²) in [5.41, 5.74) is 3.93. The Morgan fingerprint density at radius 3 is 2.55 bits per heavy atom. The van der Waals surface area contributed by atoms with Crippen molar-refractivity contribution in [2.75, 3.05) is 6.61 Å². The number of non-ortho nitro benzene ring substituents is 1. The number of nitrogens with zero attached hydrogens (tertiary/aromatic N) is 2. The number of amides is 1. The number of halogens is 1. The molecule has 3 aromatic carbocycles. The van der Waals surface area contributed by atoms with Crippen LogP contribution in [0, 0.1) is 17.0 Å². The van der Waals surface area contributed by atoms with Gasteiger partial charge in [0.25, 0.3) is 11.6 Å². The largest absolute Gasteiger partial charge is 0.484 e. The molecule has 0 radical (unpaired) electrons. The lowest BCUT2D eigenvalue weighted by molar-refractivity contribution is -0.384. The Balaban J connectivity index is 1.60. The van der Waals surface area contributed by atoms with Gasteiger partial charge in [0.05, 0.1) is 16.7 Å². The summed E-state index contributed by atoms with van der Waals surface area (Å²) in [6.45, 7) is 1.47. The number of nitro groups is 1. The second-order valence-corrected chi connectivity index (χ2v) is 7.64. The van der Waals surface area contributed by atoms with E-state index in [1.165, 1.54) is 30.5 Å². The third kappa shape index (κ3) is 6.71. The average molecular weight is 512 g/mol. The maximum atomic E-state index is 12.5. The molecule has 0 saturated carbocycles. The van der Waals surface area contributed by atoms with Crippen molar-refractivity contribution in [2.24, 2.45) is 5.10 Å². The van der Waals surface area contributed by atoms with E-state index in [0.717, 1.165) is 10.0 Å². The number of aryl methyl sites for hydroxylation is 1. The fraction of sp³-hybridized carbons (Fsp3) is 0.0870. The summed E-state index contributed by atoms with van der Waals surface area (Å²) in [6, 6.07) is 17.4. The molecule has 0 aliphatic heterocycles. The number of nitro benzene ring substituents is 1. The Morgan fingerprint density at radius 2 is 1.85 bits per heavy atom. The lowest BCUT2D eigenvalue weighted by Crippen LogP contribution is -2.24. The van der Waals surface area contributed by atoms with Gasteiger partial charge < -0.3 is 9.47 Å². The predicted molar refractivity (Wildman–Crippen MR) is 125 cm³/mol. The highest BCUT2D eigenvalue weighted by Gasteiger charge is 2.13. The van der Waals surface area contributed by atoms with Gasteiger partial charge in [-0.25, -0.2) is 10.2 Å². The van der Waals surface area contributed by atoms with E-state index >= 15 is 0 Å². The van der Waals surface area contributed by atoms with Crippen LogP contribution in [-0.2, 0) is 4.79 Å². The smallest absolute Gasteiger partial charge is 0.343 e. The van der Waals surface area contributed by atoms with Crippen molar-refractivity contribution >= 4 is 39.7 Å². The molecule has 0 heterocycles.